The second-order valence-corrected chi connectivity index (χ2v) is 7.23. The number of benzene rings is 1. The molecule has 0 N–H and O–H groups in total. The van der Waals surface area contributed by atoms with E-state index < -0.39 is 0 Å². The smallest absolute Gasteiger partial charge is 0.222 e. The molecule has 0 spiro atoms. The zero-order valence-corrected chi connectivity index (χ0v) is 17.2. The lowest BCUT2D eigenvalue weighted by molar-refractivity contribution is -0.132. The van der Waals surface area contributed by atoms with Gasteiger partial charge in [-0.3, -0.25) is 4.79 Å². The number of hydrogen-bond donors (Lipinski definition) is 0. The minimum absolute atomic E-state index is 0.200. The number of carbonyl (C=O) groups excluding carboxylic acids is 1. The van der Waals surface area contributed by atoms with Gasteiger partial charge in [0.05, 0.1) is 6.54 Å². The van der Waals surface area contributed by atoms with Gasteiger partial charge in [0.2, 0.25) is 5.91 Å². The molecule has 5 heteroatoms. The summed E-state index contributed by atoms with van der Waals surface area (Å²) in [6.45, 7) is 4.66. The molecular weight excluding hydrogens is 355 g/mol. The third-order valence-electron chi connectivity index (χ3n) is 4.89. The van der Waals surface area contributed by atoms with E-state index in [-0.39, 0.29) is 11.7 Å². The Morgan fingerprint density at radius 1 is 1.14 bits per heavy atom. The van der Waals surface area contributed by atoms with Crippen molar-refractivity contribution in [2.24, 2.45) is 0 Å². The maximum absolute atomic E-state index is 13.5. The van der Waals surface area contributed by atoms with Crippen LogP contribution in [0.25, 0.3) is 0 Å². The van der Waals surface area contributed by atoms with Crippen molar-refractivity contribution in [1.82, 2.24) is 9.47 Å². The lowest BCUT2D eigenvalue weighted by Crippen LogP contribution is -2.32. The van der Waals surface area contributed by atoms with E-state index in [1.54, 1.807) is 19.2 Å². The Kier molecular flexibility index (Phi) is 9.77. The van der Waals surface area contributed by atoms with Crippen LogP contribution >= 0.6 is 0 Å². The van der Waals surface area contributed by atoms with Gasteiger partial charge in [-0.2, -0.15) is 0 Å². The number of nitrogens with zero attached hydrogens (tertiary/aromatic N) is 2. The van der Waals surface area contributed by atoms with E-state index >= 15 is 0 Å². The number of hydrogen-bond acceptors (Lipinski definition) is 2. The number of unbranched alkanes of at least 4 members (excludes halogenated alkanes) is 3. The Morgan fingerprint density at radius 3 is 2.75 bits per heavy atom. The highest BCUT2D eigenvalue weighted by atomic mass is 19.1. The van der Waals surface area contributed by atoms with Gasteiger partial charge in [0.15, 0.2) is 0 Å². The van der Waals surface area contributed by atoms with Crippen LogP contribution in [0.4, 0.5) is 4.39 Å². The van der Waals surface area contributed by atoms with Gasteiger partial charge in [0.1, 0.15) is 5.82 Å². The Balaban J connectivity index is 2.02. The first-order valence-corrected chi connectivity index (χ1v) is 10.3. The van der Waals surface area contributed by atoms with E-state index in [4.69, 9.17) is 4.74 Å². The zero-order chi connectivity index (χ0) is 20.2. The molecule has 0 saturated heterocycles. The molecule has 2 aromatic rings. The SMILES string of the molecule is CCCCCCC(=O)N(CCCOC)Cc1cccn1Cc1cccc(F)c1. The molecule has 1 aromatic heterocycles. The van der Waals surface area contributed by atoms with Gasteiger partial charge in [-0.05, 0) is 42.7 Å². The van der Waals surface area contributed by atoms with E-state index in [2.05, 4.69) is 11.5 Å². The first-order chi connectivity index (χ1) is 13.6. The quantitative estimate of drug-likeness (QED) is 0.452. The Labute approximate surface area is 168 Å². The van der Waals surface area contributed by atoms with Crippen molar-refractivity contribution < 1.29 is 13.9 Å². The largest absolute Gasteiger partial charge is 0.385 e. The van der Waals surface area contributed by atoms with Crippen molar-refractivity contribution in [3.63, 3.8) is 0 Å². The summed E-state index contributed by atoms with van der Waals surface area (Å²) in [7, 11) is 1.68. The second kappa shape index (κ2) is 12.3. The van der Waals surface area contributed by atoms with Crippen molar-refractivity contribution in [3.8, 4) is 0 Å². The third-order valence-corrected chi connectivity index (χ3v) is 4.89. The summed E-state index contributed by atoms with van der Waals surface area (Å²) in [6, 6.07) is 10.7. The van der Waals surface area contributed by atoms with Gasteiger partial charge >= 0.3 is 0 Å². The van der Waals surface area contributed by atoms with E-state index in [9.17, 15) is 9.18 Å². The van der Waals surface area contributed by atoms with Crippen LogP contribution in [0.1, 0.15) is 56.7 Å². The van der Waals surface area contributed by atoms with Gasteiger partial charge in [-0.15, -0.1) is 0 Å². The lowest BCUT2D eigenvalue weighted by Gasteiger charge is -2.24. The van der Waals surface area contributed by atoms with Crippen LogP contribution in [0.15, 0.2) is 42.6 Å². The highest BCUT2D eigenvalue weighted by molar-refractivity contribution is 5.76. The Morgan fingerprint density at radius 2 is 2.00 bits per heavy atom. The van der Waals surface area contributed by atoms with Gasteiger partial charge in [0, 0.05) is 45.1 Å². The fourth-order valence-corrected chi connectivity index (χ4v) is 3.33. The normalized spacial score (nSPS) is 11.0. The summed E-state index contributed by atoms with van der Waals surface area (Å²) < 4.78 is 20.7. The number of halogens is 1. The molecule has 0 fully saturated rings. The molecule has 0 radical (unpaired) electrons. The molecule has 0 aliphatic carbocycles. The van der Waals surface area contributed by atoms with Gasteiger partial charge < -0.3 is 14.2 Å². The molecule has 0 aliphatic rings. The highest BCUT2D eigenvalue weighted by Crippen LogP contribution is 2.14. The van der Waals surface area contributed by atoms with Gasteiger partial charge in [-0.1, -0.05) is 38.3 Å². The molecule has 0 atom stereocenters. The predicted molar refractivity (Wildman–Crippen MR) is 111 cm³/mol. The van der Waals surface area contributed by atoms with Crippen LogP contribution in [0.5, 0.6) is 0 Å². The third kappa shape index (κ3) is 7.47. The average molecular weight is 389 g/mol. The lowest BCUT2D eigenvalue weighted by atomic mass is 10.1. The number of amides is 1. The second-order valence-electron chi connectivity index (χ2n) is 7.23. The number of methoxy groups -OCH3 is 1. The zero-order valence-electron chi connectivity index (χ0n) is 17.2. The van der Waals surface area contributed by atoms with Crippen molar-refractivity contribution in [2.75, 3.05) is 20.3 Å². The number of ether oxygens (including phenoxy) is 1. The molecule has 154 valence electrons. The van der Waals surface area contributed by atoms with Crippen molar-refractivity contribution >= 4 is 5.91 Å². The van der Waals surface area contributed by atoms with Crippen molar-refractivity contribution in [3.05, 3.63) is 59.7 Å². The topological polar surface area (TPSA) is 34.5 Å². The summed E-state index contributed by atoms with van der Waals surface area (Å²) >= 11 is 0. The monoisotopic (exact) mass is 388 g/mol. The fourth-order valence-electron chi connectivity index (χ4n) is 3.33. The number of carbonyl (C=O) groups is 1. The molecule has 0 aliphatic heterocycles. The van der Waals surface area contributed by atoms with Crippen molar-refractivity contribution in [2.45, 2.75) is 58.5 Å². The summed E-state index contributed by atoms with van der Waals surface area (Å²) in [5, 5.41) is 0. The molecule has 0 bridgehead atoms. The standard InChI is InChI=1S/C23H33FN2O2/c1-3-4-5-6-13-23(27)26(15-9-16-28-2)19-22-12-8-14-25(22)18-20-10-7-11-21(24)17-20/h7-8,10-12,14,17H,3-6,9,13,15-16,18-19H2,1-2H3. The molecule has 1 amide bonds. The van der Waals surface area contributed by atoms with Gasteiger partial charge in [-0.25, -0.2) is 4.39 Å². The average Bonchev–Trinajstić information content (AvgIpc) is 3.11. The Bertz CT molecular complexity index is 714. The molecule has 0 unspecified atom stereocenters. The van der Waals surface area contributed by atoms with Crippen LogP contribution in [0, 0.1) is 5.82 Å². The maximum atomic E-state index is 13.5. The predicted octanol–water partition coefficient (Wildman–Crippen LogP) is 5.01. The first-order valence-electron chi connectivity index (χ1n) is 10.3. The number of rotatable bonds is 13. The van der Waals surface area contributed by atoms with Gasteiger partial charge in [0.25, 0.3) is 0 Å². The Hall–Kier alpha value is -2.14. The first kappa shape index (κ1) is 22.2. The molecule has 1 aromatic carbocycles. The molecule has 0 saturated carbocycles. The molecular formula is C23H33FN2O2. The van der Waals surface area contributed by atoms with E-state index in [0.717, 1.165) is 30.5 Å². The van der Waals surface area contributed by atoms with Crippen LogP contribution in [0.2, 0.25) is 0 Å². The summed E-state index contributed by atoms with van der Waals surface area (Å²) in [4.78, 5) is 14.7. The van der Waals surface area contributed by atoms with Crippen molar-refractivity contribution in [1.29, 1.82) is 0 Å². The fraction of sp³-hybridized carbons (Fsp3) is 0.522. The van der Waals surface area contributed by atoms with E-state index in [1.165, 1.54) is 18.9 Å². The van der Waals surface area contributed by atoms with Crippen LogP contribution in [-0.2, 0) is 22.6 Å². The van der Waals surface area contributed by atoms with Crippen LogP contribution in [-0.4, -0.2) is 35.6 Å². The van der Waals surface area contributed by atoms with Crippen LogP contribution in [0.3, 0.4) is 0 Å². The van der Waals surface area contributed by atoms with E-state index in [1.807, 2.05) is 29.3 Å². The molecule has 28 heavy (non-hydrogen) atoms. The van der Waals surface area contributed by atoms with Crippen LogP contribution < -0.4 is 0 Å². The summed E-state index contributed by atoms with van der Waals surface area (Å²) in [5.74, 6) is -0.0274. The molecule has 1 heterocycles. The molecule has 4 nitrogen and oxygen atoms in total. The minimum Gasteiger partial charge on any atom is -0.385 e. The maximum Gasteiger partial charge on any atom is 0.222 e. The molecule has 2 rings (SSSR count). The summed E-state index contributed by atoms with van der Waals surface area (Å²) in [5.41, 5.74) is 1.97. The number of aromatic nitrogens is 1. The highest BCUT2D eigenvalue weighted by Gasteiger charge is 2.15. The minimum atomic E-state index is -0.227. The summed E-state index contributed by atoms with van der Waals surface area (Å²) in [6.07, 6.45) is 7.79. The van der Waals surface area contributed by atoms with E-state index in [0.29, 0.717) is 32.7 Å².